The zero-order chi connectivity index (χ0) is 17.5. The average Bonchev–Trinajstić information content (AvgIpc) is 2.60. The van der Waals surface area contributed by atoms with Crippen LogP contribution in [0.5, 0.6) is 23.0 Å². The van der Waals surface area contributed by atoms with Crippen LogP contribution in [-0.4, -0.2) is 33.8 Å². The van der Waals surface area contributed by atoms with Crippen LogP contribution in [-0.2, 0) is 4.79 Å². The predicted molar refractivity (Wildman–Crippen MR) is 91.4 cm³/mol. The van der Waals surface area contributed by atoms with E-state index in [1.54, 1.807) is 45.6 Å². The molecule has 0 aliphatic rings. The SMILES string of the molecule is COc1ccccc1OCC(=O)Nc1ccc(OC)c(C)c1OC. The average molecular weight is 331 g/mol. The highest BCUT2D eigenvalue weighted by atomic mass is 16.5. The first-order chi connectivity index (χ1) is 11.6. The minimum Gasteiger partial charge on any atom is -0.496 e. The van der Waals surface area contributed by atoms with Crippen LogP contribution in [0, 0.1) is 6.92 Å². The number of carbonyl (C=O) groups is 1. The summed E-state index contributed by atoms with van der Waals surface area (Å²) in [7, 11) is 4.68. The van der Waals surface area contributed by atoms with E-state index in [-0.39, 0.29) is 12.5 Å². The van der Waals surface area contributed by atoms with E-state index in [9.17, 15) is 4.79 Å². The van der Waals surface area contributed by atoms with Gasteiger partial charge in [0.15, 0.2) is 18.1 Å². The Kier molecular flexibility index (Phi) is 5.89. The molecule has 2 aromatic carbocycles. The molecule has 0 radical (unpaired) electrons. The van der Waals surface area contributed by atoms with Crippen molar-refractivity contribution in [1.82, 2.24) is 0 Å². The van der Waals surface area contributed by atoms with Crippen molar-refractivity contribution in [2.45, 2.75) is 6.92 Å². The van der Waals surface area contributed by atoms with Gasteiger partial charge in [-0.3, -0.25) is 4.79 Å². The number of nitrogens with one attached hydrogen (secondary N) is 1. The highest BCUT2D eigenvalue weighted by molar-refractivity contribution is 5.93. The fraction of sp³-hybridized carbons (Fsp3) is 0.278. The number of rotatable bonds is 7. The van der Waals surface area contributed by atoms with E-state index < -0.39 is 0 Å². The molecule has 0 saturated heterocycles. The molecule has 0 aliphatic heterocycles. The third-order valence-electron chi connectivity index (χ3n) is 3.48. The molecule has 0 aliphatic carbocycles. The maximum atomic E-state index is 12.2. The maximum Gasteiger partial charge on any atom is 0.262 e. The molecule has 0 aromatic heterocycles. The molecule has 2 aromatic rings. The van der Waals surface area contributed by atoms with Gasteiger partial charge in [0.1, 0.15) is 11.5 Å². The van der Waals surface area contributed by atoms with Crippen molar-refractivity contribution in [1.29, 1.82) is 0 Å². The third kappa shape index (κ3) is 3.90. The van der Waals surface area contributed by atoms with Gasteiger partial charge >= 0.3 is 0 Å². The van der Waals surface area contributed by atoms with Gasteiger partial charge in [-0.1, -0.05) is 12.1 Å². The number of methoxy groups -OCH3 is 3. The van der Waals surface area contributed by atoms with Gasteiger partial charge in [-0.15, -0.1) is 0 Å². The molecule has 0 atom stereocenters. The molecule has 128 valence electrons. The predicted octanol–water partition coefficient (Wildman–Crippen LogP) is 3.04. The Hall–Kier alpha value is -2.89. The van der Waals surface area contributed by atoms with Crippen molar-refractivity contribution >= 4 is 11.6 Å². The van der Waals surface area contributed by atoms with Gasteiger partial charge in [0.25, 0.3) is 5.91 Å². The fourth-order valence-corrected chi connectivity index (χ4v) is 2.32. The lowest BCUT2D eigenvalue weighted by molar-refractivity contribution is -0.118. The van der Waals surface area contributed by atoms with E-state index in [4.69, 9.17) is 18.9 Å². The van der Waals surface area contributed by atoms with E-state index in [1.807, 2.05) is 19.1 Å². The van der Waals surface area contributed by atoms with Crippen LogP contribution in [0.25, 0.3) is 0 Å². The summed E-state index contributed by atoms with van der Waals surface area (Å²) < 4.78 is 21.3. The van der Waals surface area contributed by atoms with Gasteiger partial charge in [0.05, 0.1) is 27.0 Å². The standard InChI is InChI=1S/C18H21NO5/c1-12-14(21-2)10-9-13(18(12)23-4)19-17(20)11-24-16-8-6-5-7-15(16)22-3/h5-10H,11H2,1-4H3,(H,19,20). The molecule has 0 heterocycles. The Morgan fingerprint density at radius 1 is 0.917 bits per heavy atom. The first-order valence-electron chi connectivity index (χ1n) is 7.38. The van der Waals surface area contributed by atoms with Gasteiger partial charge in [0, 0.05) is 5.56 Å². The number of benzene rings is 2. The maximum absolute atomic E-state index is 12.2. The number of hydrogen-bond acceptors (Lipinski definition) is 5. The summed E-state index contributed by atoms with van der Waals surface area (Å²) in [6, 6.07) is 10.6. The summed E-state index contributed by atoms with van der Waals surface area (Å²) >= 11 is 0. The highest BCUT2D eigenvalue weighted by Crippen LogP contribution is 2.35. The second-order valence-corrected chi connectivity index (χ2v) is 4.96. The minimum absolute atomic E-state index is 0.144. The Bertz CT molecular complexity index is 715. The second-order valence-electron chi connectivity index (χ2n) is 4.96. The van der Waals surface area contributed by atoms with Crippen molar-refractivity contribution in [3.63, 3.8) is 0 Å². The van der Waals surface area contributed by atoms with E-state index in [1.165, 1.54) is 0 Å². The Labute approximate surface area is 141 Å². The lowest BCUT2D eigenvalue weighted by atomic mass is 10.1. The Morgan fingerprint density at radius 2 is 1.58 bits per heavy atom. The summed E-state index contributed by atoms with van der Waals surface area (Å²) in [6.07, 6.45) is 0. The van der Waals surface area contributed by atoms with Crippen LogP contribution in [0.4, 0.5) is 5.69 Å². The van der Waals surface area contributed by atoms with Gasteiger partial charge < -0.3 is 24.3 Å². The summed E-state index contributed by atoms with van der Waals surface area (Å²) in [5, 5.41) is 2.78. The summed E-state index contributed by atoms with van der Waals surface area (Å²) in [5.41, 5.74) is 1.37. The van der Waals surface area contributed by atoms with E-state index in [0.29, 0.717) is 28.7 Å². The molecule has 0 fully saturated rings. The minimum atomic E-state index is -0.302. The zero-order valence-electron chi connectivity index (χ0n) is 14.2. The number of para-hydroxylation sites is 2. The van der Waals surface area contributed by atoms with E-state index in [2.05, 4.69) is 5.32 Å². The number of hydrogen-bond donors (Lipinski definition) is 1. The van der Waals surface area contributed by atoms with Gasteiger partial charge in [0.2, 0.25) is 0 Å². The van der Waals surface area contributed by atoms with Crippen LogP contribution in [0.15, 0.2) is 36.4 Å². The van der Waals surface area contributed by atoms with Crippen LogP contribution in [0.2, 0.25) is 0 Å². The molecule has 0 bridgehead atoms. The molecule has 6 nitrogen and oxygen atoms in total. The van der Waals surface area contributed by atoms with Crippen LogP contribution >= 0.6 is 0 Å². The second kappa shape index (κ2) is 8.10. The lowest BCUT2D eigenvalue weighted by Gasteiger charge is -2.15. The van der Waals surface area contributed by atoms with Crippen molar-refractivity contribution in [3.8, 4) is 23.0 Å². The monoisotopic (exact) mass is 331 g/mol. The molecular weight excluding hydrogens is 310 g/mol. The van der Waals surface area contributed by atoms with E-state index in [0.717, 1.165) is 5.56 Å². The van der Waals surface area contributed by atoms with Crippen LogP contribution in [0.1, 0.15) is 5.56 Å². The van der Waals surface area contributed by atoms with Gasteiger partial charge in [-0.25, -0.2) is 0 Å². The molecule has 2 rings (SSSR count). The Balaban J connectivity index is 2.06. The zero-order valence-corrected chi connectivity index (χ0v) is 14.2. The van der Waals surface area contributed by atoms with Crippen LogP contribution < -0.4 is 24.3 Å². The number of amides is 1. The third-order valence-corrected chi connectivity index (χ3v) is 3.48. The fourth-order valence-electron chi connectivity index (χ4n) is 2.32. The van der Waals surface area contributed by atoms with Gasteiger partial charge in [-0.2, -0.15) is 0 Å². The van der Waals surface area contributed by atoms with E-state index >= 15 is 0 Å². The summed E-state index contributed by atoms with van der Waals surface area (Å²) in [6.45, 7) is 1.72. The molecule has 1 amide bonds. The Morgan fingerprint density at radius 3 is 2.21 bits per heavy atom. The lowest BCUT2D eigenvalue weighted by Crippen LogP contribution is -2.20. The smallest absolute Gasteiger partial charge is 0.262 e. The van der Waals surface area contributed by atoms with Crippen molar-refractivity contribution in [2.24, 2.45) is 0 Å². The summed E-state index contributed by atoms with van der Waals surface area (Å²) in [5.74, 6) is 2.02. The molecule has 0 unspecified atom stereocenters. The molecule has 24 heavy (non-hydrogen) atoms. The largest absolute Gasteiger partial charge is 0.496 e. The molecular formula is C18H21NO5. The molecule has 0 saturated carbocycles. The summed E-state index contributed by atoms with van der Waals surface area (Å²) in [4.78, 5) is 12.2. The molecule has 1 N–H and O–H groups in total. The number of anilines is 1. The van der Waals surface area contributed by atoms with Crippen molar-refractivity contribution in [2.75, 3.05) is 33.3 Å². The number of carbonyl (C=O) groups excluding carboxylic acids is 1. The van der Waals surface area contributed by atoms with Crippen molar-refractivity contribution in [3.05, 3.63) is 42.0 Å². The first kappa shape index (κ1) is 17.5. The molecule has 6 heteroatoms. The van der Waals surface area contributed by atoms with Crippen molar-refractivity contribution < 1.29 is 23.7 Å². The quantitative estimate of drug-likeness (QED) is 0.845. The van der Waals surface area contributed by atoms with Gasteiger partial charge in [-0.05, 0) is 31.2 Å². The topological polar surface area (TPSA) is 66.0 Å². The highest BCUT2D eigenvalue weighted by Gasteiger charge is 2.14. The number of ether oxygens (including phenoxy) is 4. The first-order valence-corrected chi connectivity index (χ1v) is 7.38. The molecule has 0 spiro atoms. The van der Waals surface area contributed by atoms with Crippen LogP contribution in [0.3, 0.4) is 0 Å². The normalized spacial score (nSPS) is 10.0.